The van der Waals surface area contributed by atoms with Gasteiger partial charge >= 0.3 is 5.97 Å². The number of carbonyl (C=O) groups is 1. The van der Waals surface area contributed by atoms with Gasteiger partial charge in [0.05, 0.1) is 0 Å². The predicted octanol–water partition coefficient (Wildman–Crippen LogP) is 2.95. The highest BCUT2D eigenvalue weighted by Gasteiger charge is 1.99. The summed E-state index contributed by atoms with van der Waals surface area (Å²) in [6.07, 6.45) is 2.53. The van der Waals surface area contributed by atoms with Crippen LogP contribution in [0.15, 0.2) is 42.5 Å². The first-order valence-corrected chi connectivity index (χ1v) is 4.79. The first-order valence-electron chi connectivity index (χ1n) is 3.91. The fraction of sp³-hybridized carbons (Fsp3) is 0.100. The second-order valence-corrected chi connectivity index (χ2v) is 3.59. The normalized spacial score (nSPS) is 10.8. The van der Waals surface area contributed by atoms with Crippen LogP contribution in [-0.2, 0) is 4.79 Å². The number of benzene rings is 1. The van der Waals surface area contributed by atoms with Crippen LogP contribution in [0, 0.1) is 0 Å². The Hall–Kier alpha value is -0.990. The molecule has 0 N–H and O–H groups in total. The molecule has 0 aliphatic heterocycles. The molecule has 0 fully saturated rings. The zero-order chi connectivity index (χ0) is 10.4. The number of alkyl halides is 2. The molecule has 74 valence electrons. The van der Waals surface area contributed by atoms with Gasteiger partial charge in [-0.3, -0.25) is 0 Å². The smallest absolute Gasteiger partial charge is 0.335 e. The van der Waals surface area contributed by atoms with Crippen molar-refractivity contribution in [1.82, 2.24) is 0 Å². The summed E-state index contributed by atoms with van der Waals surface area (Å²) in [5.41, 5.74) is 0. The Bertz CT molecular complexity index is 320. The lowest BCUT2D eigenvalue weighted by Crippen LogP contribution is -2.03. The number of carbonyl (C=O) groups excluding carboxylic acids is 1. The SMILES string of the molecule is O=C(C=CC(Cl)Cl)Oc1ccccc1. The highest BCUT2D eigenvalue weighted by Crippen LogP contribution is 2.09. The third kappa shape index (κ3) is 4.30. The fourth-order valence-electron chi connectivity index (χ4n) is 0.790. The Morgan fingerprint density at radius 1 is 1.29 bits per heavy atom. The molecule has 0 saturated heterocycles. The summed E-state index contributed by atoms with van der Waals surface area (Å²) < 4.78 is 4.92. The quantitative estimate of drug-likeness (QED) is 0.346. The molecule has 0 aromatic heterocycles. The molecule has 14 heavy (non-hydrogen) atoms. The summed E-state index contributed by atoms with van der Waals surface area (Å²) in [5, 5.41) is 0. The second-order valence-electron chi connectivity index (χ2n) is 2.43. The van der Waals surface area contributed by atoms with Crippen LogP contribution in [0.5, 0.6) is 5.75 Å². The maximum atomic E-state index is 11.1. The molecule has 4 heteroatoms. The molecule has 1 aromatic carbocycles. The van der Waals surface area contributed by atoms with Gasteiger partial charge in [-0.1, -0.05) is 18.2 Å². The Morgan fingerprint density at radius 3 is 2.50 bits per heavy atom. The minimum absolute atomic E-state index is 0.489. The summed E-state index contributed by atoms with van der Waals surface area (Å²) in [6, 6.07) is 8.76. The van der Waals surface area contributed by atoms with Crippen molar-refractivity contribution in [3.8, 4) is 5.75 Å². The average molecular weight is 231 g/mol. The molecular formula is C10H8Cl2O2. The van der Waals surface area contributed by atoms with E-state index in [-0.39, 0.29) is 0 Å². The van der Waals surface area contributed by atoms with E-state index in [2.05, 4.69) is 0 Å². The van der Waals surface area contributed by atoms with Crippen molar-refractivity contribution in [2.24, 2.45) is 0 Å². The van der Waals surface area contributed by atoms with Gasteiger partial charge in [0.1, 0.15) is 10.6 Å². The highest BCUT2D eigenvalue weighted by atomic mass is 35.5. The van der Waals surface area contributed by atoms with Crippen molar-refractivity contribution in [3.05, 3.63) is 42.5 Å². The summed E-state index contributed by atoms with van der Waals surface area (Å²) in [7, 11) is 0. The molecule has 0 spiro atoms. The second kappa shape index (κ2) is 5.68. The molecule has 0 bridgehead atoms. The van der Waals surface area contributed by atoms with Gasteiger partial charge in [-0.2, -0.15) is 0 Å². The summed E-state index contributed by atoms with van der Waals surface area (Å²) in [5.74, 6) is -0.00894. The van der Waals surface area contributed by atoms with Gasteiger partial charge < -0.3 is 4.74 Å². The highest BCUT2D eigenvalue weighted by molar-refractivity contribution is 6.45. The molecule has 0 amide bonds. The molecule has 2 nitrogen and oxygen atoms in total. The summed E-state index contributed by atoms with van der Waals surface area (Å²) in [6.45, 7) is 0. The zero-order valence-electron chi connectivity index (χ0n) is 7.19. The Labute approximate surface area is 92.1 Å². The zero-order valence-corrected chi connectivity index (χ0v) is 8.70. The third-order valence-electron chi connectivity index (χ3n) is 1.34. The van der Waals surface area contributed by atoms with E-state index in [4.69, 9.17) is 27.9 Å². The molecule has 0 unspecified atom stereocenters. The first kappa shape index (κ1) is 11.1. The Morgan fingerprint density at radius 2 is 1.93 bits per heavy atom. The minimum Gasteiger partial charge on any atom is -0.423 e. The van der Waals surface area contributed by atoms with E-state index in [1.165, 1.54) is 12.2 Å². The maximum absolute atomic E-state index is 11.1. The molecule has 0 heterocycles. The van der Waals surface area contributed by atoms with Crippen molar-refractivity contribution in [1.29, 1.82) is 0 Å². The molecule has 0 aliphatic rings. The van der Waals surface area contributed by atoms with E-state index in [0.717, 1.165) is 0 Å². The molecule has 1 rings (SSSR count). The number of hydrogen-bond donors (Lipinski definition) is 0. The number of esters is 1. The standard InChI is InChI=1S/C10H8Cl2O2/c11-9(12)6-7-10(13)14-8-4-2-1-3-5-8/h1-7,9H. The van der Waals surface area contributed by atoms with Crippen LogP contribution in [-0.4, -0.2) is 10.8 Å². The van der Waals surface area contributed by atoms with Crippen LogP contribution >= 0.6 is 23.2 Å². The lowest BCUT2D eigenvalue weighted by molar-refractivity contribution is -0.129. The van der Waals surface area contributed by atoms with E-state index in [9.17, 15) is 4.79 Å². The number of ether oxygens (including phenoxy) is 1. The monoisotopic (exact) mass is 230 g/mol. The molecular weight excluding hydrogens is 223 g/mol. The number of allylic oxidation sites excluding steroid dienone is 1. The van der Waals surface area contributed by atoms with Crippen LogP contribution in [0.1, 0.15) is 0 Å². The number of rotatable bonds is 3. The van der Waals surface area contributed by atoms with Gasteiger partial charge in [-0.15, -0.1) is 23.2 Å². The van der Waals surface area contributed by atoms with E-state index >= 15 is 0 Å². The van der Waals surface area contributed by atoms with Crippen molar-refractivity contribution in [2.75, 3.05) is 0 Å². The molecule has 0 radical (unpaired) electrons. The molecule has 0 saturated carbocycles. The van der Waals surface area contributed by atoms with Crippen LogP contribution < -0.4 is 4.74 Å². The van der Waals surface area contributed by atoms with Gasteiger partial charge in [0.2, 0.25) is 0 Å². The van der Waals surface area contributed by atoms with Crippen LogP contribution in [0.2, 0.25) is 0 Å². The summed E-state index contributed by atoms with van der Waals surface area (Å²) in [4.78, 5) is 10.4. The fourth-order valence-corrected chi connectivity index (χ4v) is 0.935. The lowest BCUT2D eigenvalue weighted by atomic mass is 10.3. The number of para-hydroxylation sites is 1. The van der Waals surface area contributed by atoms with Crippen molar-refractivity contribution < 1.29 is 9.53 Å². The topological polar surface area (TPSA) is 26.3 Å². The number of hydrogen-bond acceptors (Lipinski definition) is 2. The Kier molecular flexibility index (Phi) is 4.50. The Balaban J connectivity index is 2.50. The first-order chi connectivity index (χ1) is 6.68. The van der Waals surface area contributed by atoms with Crippen molar-refractivity contribution in [2.45, 2.75) is 4.84 Å². The van der Waals surface area contributed by atoms with E-state index in [0.29, 0.717) is 5.75 Å². The maximum Gasteiger partial charge on any atom is 0.335 e. The summed E-state index contributed by atoms with van der Waals surface area (Å²) >= 11 is 10.8. The van der Waals surface area contributed by atoms with E-state index in [1.807, 2.05) is 6.07 Å². The van der Waals surface area contributed by atoms with Gasteiger partial charge in [0.15, 0.2) is 0 Å². The van der Waals surface area contributed by atoms with Gasteiger partial charge in [-0.25, -0.2) is 4.79 Å². The van der Waals surface area contributed by atoms with Crippen LogP contribution in [0.3, 0.4) is 0 Å². The van der Waals surface area contributed by atoms with Crippen molar-refractivity contribution in [3.63, 3.8) is 0 Å². The van der Waals surface area contributed by atoms with Crippen LogP contribution in [0.4, 0.5) is 0 Å². The largest absolute Gasteiger partial charge is 0.423 e. The van der Waals surface area contributed by atoms with Gasteiger partial charge in [0, 0.05) is 6.08 Å². The molecule has 1 aromatic rings. The molecule has 0 atom stereocenters. The third-order valence-corrected chi connectivity index (χ3v) is 1.63. The average Bonchev–Trinajstić information content (AvgIpc) is 2.16. The van der Waals surface area contributed by atoms with Crippen molar-refractivity contribution >= 4 is 29.2 Å². The molecule has 0 aliphatic carbocycles. The van der Waals surface area contributed by atoms with Crippen LogP contribution in [0.25, 0.3) is 0 Å². The van der Waals surface area contributed by atoms with Gasteiger partial charge in [-0.05, 0) is 18.2 Å². The van der Waals surface area contributed by atoms with E-state index in [1.54, 1.807) is 24.3 Å². The minimum atomic E-state index is -0.696. The number of halogens is 2. The van der Waals surface area contributed by atoms with E-state index < -0.39 is 10.8 Å². The predicted molar refractivity (Wildman–Crippen MR) is 56.7 cm³/mol. The lowest BCUT2D eigenvalue weighted by Gasteiger charge is -1.99. The van der Waals surface area contributed by atoms with Gasteiger partial charge in [0.25, 0.3) is 0 Å².